The van der Waals surface area contributed by atoms with Gasteiger partial charge < -0.3 is 19.8 Å². The standard InChI is InChI=1S/C23H24N8O4/c1-28-19-18(21(34)29(2)22(28)35)30(12-25-19)9-17(32)31-10-23(11-31)7-13(23)20(33)24-8-16-26-14-5-3-4-6-15(14)27-16/h3-6,12-13H,7-11H2,1-2H3,(H,24,33)(H,26,27). The van der Waals surface area contributed by atoms with Crippen LogP contribution in [-0.4, -0.2) is 58.5 Å². The maximum atomic E-state index is 12.9. The lowest BCUT2D eigenvalue weighted by Gasteiger charge is -2.40. The second-order valence-corrected chi connectivity index (χ2v) is 9.54. The number of aromatic nitrogens is 6. The van der Waals surface area contributed by atoms with Gasteiger partial charge in [0.15, 0.2) is 11.2 Å². The van der Waals surface area contributed by atoms with Crippen molar-refractivity contribution >= 4 is 34.0 Å². The van der Waals surface area contributed by atoms with Gasteiger partial charge in [0.05, 0.1) is 23.9 Å². The largest absolute Gasteiger partial charge is 0.349 e. The van der Waals surface area contributed by atoms with E-state index in [1.165, 1.54) is 29.6 Å². The summed E-state index contributed by atoms with van der Waals surface area (Å²) in [6, 6.07) is 7.70. The van der Waals surface area contributed by atoms with E-state index in [1.807, 2.05) is 24.3 Å². The van der Waals surface area contributed by atoms with Gasteiger partial charge in [-0.1, -0.05) is 12.1 Å². The van der Waals surface area contributed by atoms with Crippen LogP contribution in [0.15, 0.2) is 40.2 Å². The molecule has 4 aromatic rings. The first-order valence-corrected chi connectivity index (χ1v) is 11.4. The molecular formula is C23H24N8O4. The SMILES string of the molecule is Cn1c(=O)c2c(ncn2CC(=O)N2CC3(CC3C(=O)NCc3nc4ccccc4[nH]3)C2)n(C)c1=O. The summed E-state index contributed by atoms with van der Waals surface area (Å²) in [5.74, 6) is 0.407. The number of likely N-dealkylation sites (tertiary alicyclic amines) is 1. The number of nitrogens with zero attached hydrogens (tertiary/aromatic N) is 6. The number of carbonyl (C=O) groups is 2. The molecule has 2 N–H and O–H groups in total. The first-order valence-electron chi connectivity index (χ1n) is 11.4. The average Bonchev–Trinajstić information content (AvgIpc) is 3.23. The molecule has 2 amide bonds. The summed E-state index contributed by atoms with van der Waals surface area (Å²) < 4.78 is 3.77. The zero-order valence-corrected chi connectivity index (χ0v) is 19.3. The van der Waals surface area contributed by atoms with Crippen LogP contribution in [0.5, 0.6) is 0 Å². The maximum Gasteiger partial charge on any atom is 0.332 e. The van der Waals surface area contributed by atoms with Crippen molar-refractivity contribution < 1.29 is 9.59 Å². The summed E-state index contributed by atoms with van der Waals surface area (Å²) in [6.45, 7) is 1.30. The molecule has 12 nitrogen and oxygen atoms in total. The van der Waals surface area contributed by atoms with Crippen molar-refractivity contribution in [3.05, 3.63) is 57.3 Å². The van der Waals surface area contributed by atoms with Crippen LogP contribution in [0.2, 0.25) is 0 Å². The highest BCUT2D eigenvalue weighted by molar-refractivity contribution is 5.85. The van der Waals surface area contributed by atoms with Gasteiger partial charge in [-0.25, -0.2) is 14.8 Å². The number of H-pyrrole nitrogens is 1. The maximum absolute atomic E-state index is 12.9. The van der Waals surface area contributed by atoms with Gasteiger partial charge >= 0.3 is 5.69 Å². The van der Waals surface area contributed by atoms with E-state index in [-0.39, 0.29) is 40.9 Å². The van der Waals surface area contributed by atoms with Gasteiger partial charge in [-0.2, -0.15) is 0 Å². The monoisotopic (exact) mass is 476 g/mol. The molecule has 3 aromatic heterocycles. The summed E-state index contributed by atoms with van der Waals surface area (Å²) in [6.07, 6.45) is 2.16. The summed E-state index contributed by atoms with van der Waals surface area (Å²) in [7, 11) is 2.93. The molecular weight excluding hydrogens is 452 g/mol. The minimum Gasteiger partial charge on any atom is -0.349 e. The van der Waals surface area contributed by atoms with Gasteiger partial charge in [0.1, 0.15) is 12.4 Å². The van der Waals surface area contributed by atoms with Crippen molar-refractivity contribution in [2.75, 3.05) is 13.1 Å². The summed E-state index contributed by atoms with van der Waals surface area (Å²) in [4.78, 5) is 63.7. The Bertz CT molecular complexity index is 1600. The van der Waals surface area contributed by atoms with Crippen molar-refractivity contribution in [2.45, 2.75) is 19.5 Å². The molecule has 4 heterocycles. The number of rotatable bonds is 5. The molecule has 1 aliphatic carbocycles. The predicted molar refractivity (Wildman–Crippen MR) is 125 cm³/mol. The molecule has 35 heavy (non-hydrogen) atoms. The Labute approximate surface area is 198 Å². The van der Waals surface area contributed by atoms with Crippen LogP contribution in [0.3, 0.4) is 0 Å². The van der Waals surface area contributed by atoms with Gasteiger partial charge in [0.2, 0.25) is 11.8 Å². The van der Waals surface area contributed by atoms with Gasteiger partial charge in [-0.3, -0.25) is 23.5 Å². The number of aromatic amines is 1. The molecule has 0 radical (unpaired) electrons. The molecule has 1 saturated carbocycles. The van der Waals surface area contributed by atoms with E-state index >= 15 is 0 Å². The highest BCUT2D eigenvalue weighted by atomic mass is 16.2. The van der Waals surface area contributed by atoms with Gasteiger partial charge in [0.25, 0.3) is 5.56 Å². The Hall–Kier alpha value is -4.22. The van der Waals surface area contributed by atoms with Crippen molar-refractivity contribution in [3.8, 4) is 0 Å². The summed E-state index contributed by atoms with van der Waals surface area (Å²) >= 11 is 0. The molecule has 1 aromatic carbocycles. The fourth-order valence-corrected chi connectivity index (χ4v) is 5.10. The van der Waals surface area contributed by atoms with Crippen LogP contribution in [0.4, 0.5) is 0 Å². The third kappa shape index (κ3) is 3.27. The lowest BCUT2D eigenvalue weighted by atomic mass is 9.93. The van der Waals surface area contributed by atoms with Crippen molar-refractivity contribution in [3.63, 3.8) is 0 Å². The van der Waals surface area contributed by atoms with Gasteiger partial charge in [-0.15, -0.1) is 0 Å². The molecule has 0 bridgehead atoms. The van der Waals surface area contributed by atoms with Crippen LogP contribution < -0.4 is 16.6 Å². The predicted octanol–water partition coefficient (Wildman–Crippen LogP) is -0.525. The van der Waals surface area contributed by atoms with Gasteiger partial charge in [0, 0.05) is 38.5 Å². The number of nitrogens with one attached hydrogen (secondary N) is 2. The highest BCUT2D eigenvalue weighted by Gasteiger charge is 2.65. The third-order valence-electron chi connectivity index (χ3n) is 7.26. The van der Waals surface area contributed by atoms with E-state index in [9.17, 15) is 19.2 Å². The highest BCUT2D eigenvalue weighted by Crippen LogP contribution is 2.58. The fourth-order valence-electron chi connectivity index (χ4n) is 5.10. The average molecular weight is 476 g/mol. The Morgan fingerprint density at radius 3 is 2.71 bits per heavy atom. The Morgan fingerprint density at radius 2 is 1.94 bits per heavy atom. The topological polar surface area (TPSA) is 140 Å². The molecule has 1 unspecified atom stereocenters. The summed E-state index contributed by atoms with van der Waals surface area (Å²) in [5.41, 5.74) is 1.13. The first-order chi connectivity index (χ1) is 16.8. The number of hydrogen-bond acceptors (Lipinski definition) is 6. The van der Waals surface area contributed by atoms with Crippen LogP contribution >= 0.6 is 0 Å². The minimum atomic E-state index is -0.489. The Kier molecular flexibility index (Phi) is 4.50. The van der Waals surface area contributed by atoms with Crippen molar-refractivity contribution in [1.82, 2.24) is 38.9 Å². The molecule has 1 aliphatic heterocycles. The van der Waals surface area contributed by atoms with Crippen LogP contribution in [0.1, 0.15) is 12.2 Å². The zero-order valence-electron chi connectivity index (χ0n) is 19.3. The lowest BCUT2D eigenvalue weighted by Crippen LogP contribution is -2.54. The minimum absolute atomic E-state index is 0.0254. The molecule has 1 spiro atoms. The molecule has 12 heteroatoms. The molecule has 6 rings (SSSR count). The number of carbonyl (C=O) groups excluding carboxylic acids is 2. The molecule has 1 saturated heterocycles. The quantitative estimate of drug-likeness (QED) is 0.397. The van der Waals surface area contributed by atoms with Crippen molar-refractivity contribution in [2.24, 2.45) is 25.4 Å². The molecule has 2 fully saturated rings. The zero-order chi connectivity index (χ0) is 24.5. The number of para-hydroxylation sites is 2. The Balaban J connectivity index is 1.07. The second-order valence-electron chi connectivity index (χ2n) is 9.54. The number of benzene rings is 1. The number of imidazole rings is 2. The van der Waals surface area contributed by atoms with E-state index in [0.717, 1.165) is 22.0 Å². The number of fused-ring (bicyclic) bond motifs is 2. The van der Waals surface area contributed by atoms with E-state index in [4.69, 9.17) is 0 Å². The first kappa shape index (κ1) is 21.3. The normalized spacial score (nSPS) is 18.2. The van der Waals surface area contributed by atoms with E-state index in [0.29, 0.717) is 25.5 Å². The van der Waals surface area contributed by atoms with Crippen LogP contribution in [-0.2, 0) is 36.8 Å². The summed E-state index contributed by atoms with van der Waals surface area (Å²) in [5, 5.41) is 2.95. The van der Waals surface area contributed by atoms with E-state index in [1.54, 1.807) is 4.90 Å². The lowest BCUT2D eigenvalue weighted by molar-refractivity contribution is -0.141. The Morgan fingerprint density at radius 1 is 1.17 bits per heavy atom. The molecule has 1 atom stereocenters. The number of hydrogen-bond donors (Lipinski definition) is 2. The number of amides is 2. The second kappa shape index (κ2) is 7.39. The number of aryl methyl sites for hydroxylation is 1. The van der Waals surface area contributed by atoms with Crippen LogP contribution in [0.25, 0.3) is 22.2 Å². The molecule has 180 valence electrons. The van der Waals surface area contributed by atoms with E-state index in [2.05, 4.69) is 20.3 Å². The van der Waals surface area contributed by atoms with Crippen molar-refractivity contribution in [1.29, 1.82) is 0 Å². The van der Waals surface area contributed by atoms with Crippen LogP contribution in [0, 0.1) is 11.3 Å². The third-order valence-corrected chi connectivity index (χ3v) is 7.26. The molecule has 2 aliphatic rings. The van der Waals surface area contributed by atoms with E-state index < -0.39 is 11.2 Å². The smallest absolute Gasteiger partial charge is 0.332 e. The van der Waals surface area contributed by atoms with Gasteiger partial charge in [-0.05, 0) is 18.6 Å². The fraction of sp³-hybridized carbons (Fsp3) is 0.391.